The Morgan fingerprint density at radius 2 is 1.95 bits per heavy atom. The first-order valence-corrected chi connectivity index (χ1v) is 8.26. The van der Waals surface area contributed by atoms with Gasteiger partial charge in [0.15, 0.2) is 0 Å². The van der Waals surface area contributed by atoms with Gasteiger partial charge >= 0.3 is 0 Å². The van der Waals surface area contributed by atoms with Crippen molar-refractivity contribution in [3.63, 3.8) is 0 Å². The zero-order valence-electron chi connectivity index (χ0n) is 12.7. The summed E-state index contributed by atoms with van der Waals surface area (Å²) in [6, 6.07) is 16.5. The highest BCUT2D eigenvalue weighted by molar-refractivity contribution is 9.10. The fraction of sp³-hybridized carbons (Fsp3) is 0.278. The Bertz CT molecular complexity index is 687. The summed E-state index contributed by atoms with van der Waals surface area (Å²) in [7, 11) is 0. The lowest BCUT2D eigenvalue weighted by atomic mass is 9.92. The molecule has 114 valence electrons. The van der Waals surface area contributed by atoms with Crippen molar-refractivity contribution in [3.8, 4) is 0 Å². The quantitative estimate of drug-likeness (QED) is 0.840. The lowest BCUT2D eigenvalue weighted by Crippen LogP contribution is -2.39. The Labute approximate surface area is 139 Å². The first-order valence-electron chi connectivity index (χ1n) is 7.47. The molecule has 2 aromatic carbocycles. The molecule has 2 atom stereocenters. The molecule has 0 aliphatic carbocycles. The molecule has 0 radical (unpaired) electrons. The van der Waals surface area contributed by atoms with E-state index < -0.39 is 0 Å². The third-order valence-electron chi connectivity index (χ3n) is 4.04. The number of nitrogens with zero attached hydrogens (tertiary/aromatic N) is 1. The SMILES string of the molecule is CC(=O)N(c1ccccc1)C1CC(C)Nc2ccc(Br)cc21. The van der Waals surface area contributed by atoms with Crippen LogP contribution in [0, 0.1) is 0 Å². The molecular formula is C18H19BrN2O. The van der Waals surface area contributed by atoms with E-state index in [-0.39, 0.29) is 11.9 Å². The summed E-state index contributed by atoms with van der Waals surface area (Å²) in [4.78, 5) is 14.2. The molecule has 0 saturated carbocycles. The zero-order chi connectivity index (χ0) is 15.7. The van der Waals surface area contributed by atoms with Gasteiger partial charge < -0.3 is 10.2 Å². The van der Waals surface area contributed by atoms with Gasteiger partial charge in [0, 0.05) is 28.8 Å². The van der Waals surface area contributed by atoms with Gasteiger partial charge in [-0.3, -0.25) is 4.79 Å². The van der Waals surface area contributed by atoms with E-state index in [9.17, 15) is 4.79 Å². The van der Waals surface area contributed by atoms with E-state index in [0.29, 0.717) is 6.04 Å². The molecular weight excluding hydrogens is 340 g/mol. The lowest BCUT2D eigenvalue weighted by Gasteiger charge is -2.38. The number of carbonyl (C=O) groups is 1. The third-order valence-corrected chi connectivity index (χ3v) is 4.53. The van der Waals surface area contributed by atoms with Gasteiger partial charge in [-0.25, -0.2) is 0 Å². The zero-order valence-corrected chi connectivity index (χ0v) is 14.3. The monoisotopic (exact) mass is 358 g/mol. The highest BCUT2D eigenvalue weighted by atomic mass is 79.9. The Kier molecular flexibility index (Phi) is 4.21. The molecule has 22 heavy (non-hydrogen) atoms. The molecule has 3 nitrogen and oxygen atoms in total. The van der Waals surface area contributed by atoms with Gasteiger partial charge in [0.05, 0.1) is 6.04 Å². The Balaban J connectivity index is 2.09. The summed E-state index contributed by atoms with van der Waals surface area (Å²) < 4.78 is 1.03. The number of para-hydroxylation sites is 1. The second-order valence-electron chi connectivity index (χ2n) is 5.75. The summed E-state index contributed by atoms with van der Waals surface area (Å²) in [5.41, 5.74) is 3.21. The molecule has 1 amide bonds. The minimum absolute atomic E-state index is 0.0450. The highest BCUT2D eigenvalue weighted by Crippen LogP contribution is 2.40. The average molecular weight is 359 g/mol. The number of carbonyl (C=O) groups excluding carboxylic acids is 1. The van der Waals surface area contributed by atoms with Crippen LogP contribution in [0.5, 0.6) is 0 Å². The van der Waals surface area contributed by atoms with Crippen molar-refractivity contribution in [1.29, 1.82) is 0 Å². The fourth-order valence-electron chi connectivity index (χ4n) is 3.14. The molecule has 0 aromatic heterocycles. The molecule has 3 rings (SSSR count). The van der Waals surface area contributed by atoms with Crippen LogP contribution < -0.4 is 10.2 Å². The number of benzene rings is 2. The van der Waals surface area contributed by atoms with E-state index >= 15 is 0 Å². The normalized spacial score (nSPS) is 20.0. The minimum Gasteiger partial charge on any atom is -0.382 e. The number of amides is 1. The summed E-state index contributed by atoms with van der Waals surface area (Å²) in [6.07, 6.45) is 0.887. The van der Waals surface area contributed by atoms with Crippen LogP contribution in [0.25, 0.3) is 0 Å². The van der Waals surface area contributed by atoms with Crippen molar-refractivity contribution in [2.75, 3.05) is 10.2 Å². The summed E-state index contributed by atoms with van der Waals surface area (Å²) in [6.45, 7) is 3.79. The van der Waals surface area contributed by atoms with Gasteiger partial charge in [-0.1, -0.05) is 34.1 Å². The number of anilines is 2. The first kappa shape index (κ1) is 15.1. The molecule has 0 bridgehead atoms. The predicted molar refractivity (Wildman–Crippen MR) is 94.2 cm³/mol. The van der Waals surface area contributed by atoms with Crippen molar-refractivity contribution in [3.05, 3.63) is 58.6 Å². The number of nitrogens with one attached hydrogen (secondary N) is 1. The largest absolute Gasteiger partial charge is 0.382 e. The van der Waals surface area contributed by atoms with Crippen LogP contribution >= 0.6 is 15.9 Å². The lowest BCUT2D eigenvalue weighted by molar-refractivity contribution is -0.117. The van der Waals surface area contributed by atoms with Crippen LogP contribution in [-0.4, -0.2) is 11.9 Å². The standard InChI is InChI=1S/C18H19BrN2O/c1-12-10-18(16-11-14(19)8-9-17(16)20-12)21(13(2)22)15-6-4-3-5-7-15/h3-9,11-12,18,20H,10H2,1-2H3. The summed E-state index contributed by atoms with van der Waals surface area (Å²) in [5, 5.41) is 3.50. The van der Waals surface area contributed by atoms with Crippen molar-refractivity contribution < 1.29 is 4.79 Å². The Morgan fingerprint density at radius 3 is 2.64 bits per heavy atom. The molecule has 0 fully saturated rings. The van der Waals surface area contributed by atoms with Gasteiger partial charge in [-0.2, -0.15) is 0 Å². The van der Waals surface area contributed by atoms with E-state index in [1.54, 1.807) is 6.92 Å². The summed E-state index contributed by atoms with van der Waals surface area (Å²) in [5.74, 6) is 0.0659. The van der Waals surface area contributed by atoms with Crippen LogP contribution in [0.3, 0.4) is 0 Å². The van der Waals surface area contributed by atoms with Gasteiger partial charge in [0.25, 0.3) is 0 Å². The van der Waals surface area contributed by atoms with Gasteiger partial charge in [-0.05, 0) is 49.2 Å². The van der Waals surface area contributed by atoms with Crippen molar-refractivity contribution in [2.45, 2.75) is 32.4 Å². The van der Waals surface area contributed by atoms with Crippen molar-refractivity contribution in [1.82, 2.24) is 0 Å². The smallest absolute Gasteiger partial charge is 0.224 e. The number of hydrogen-bond acceptors (Lipinski definition) is 2. The number of fused-ring (bicyclic) bond motifs is 1. The van der Waals surface area contributed by atoms with E-state index in [0.717, 1.165) is 27.8 Å². The predicted octanol–water partition coefficient (Wildman–Crippen LogP) is 4.75. The maximum absolute atomic E-state index is 12.3. The minimum atomic E-state index is 0.0450. The van der Waals surface area contributed by atoms with Crippen LogP contribution in [0.15, 0.2) is 53.0 Å². The number of halogens is 1. The van der Waals surface area contributed by atoms with Crippen molar-refractivity contribution >= 4 is 33.2 Å². The van der Waals surface area contributed by atoms with Gasteiger partial charge in [0.2, 0.25) is 5.91 Å². The van der Waals surface area contributed by atoms with E-state index in [4.69, 9.17) is 0 Å². The second-order valence-corrected chi connectivity index (χ2v) is 6.67. The molecule has 0 spiro atoms. The molecule has 1 heterocycles. The Hall–Kier alpha value is -1.81. The Morgan fingerprint density at radius 1 is 1.23 bits per heavy atom. The van der Waals surface area contributed by atoms with Crippen LogP contribution in [0.2, 0.25) is 0 Å². The maximum atomic E-state index is 12.3. The molecule has 1 aliphatic rings. The van der Waals surface area contributed by atoms with Crippen LogP contribution in [-0.2, 0) is 4.79 Å². The van der Waals surface area contributed by atoms with E-state index in [2.05, 4.69) is 40.3 Å². The molecule has 4 heteroatoms. The summed E-state index contributed by atoms with van der Waals surface area (Å²) >= 11 is 3.54. The number of rotatable bonds is 2. The van der Waals surface area contributed by atoms with E-state index in [1.807, 2.05) is 41.3 Å². The first-order chi connectivity index (χ1) is 10.6. The van der Waals surface area contributed by atoms with Gasteiger partial charge in [0.1, 0.15) is 0 Å². The molecule has 2 unspecified atom stereocenters. The molecule has 1 aliphatic heterocycles. The van der Waals surface area contributed by atoms with Crippen LogP contribution in [0.1, 0.15) is 31.9 Å². The van der Waals surface area contributed by atoms with Crippen LogP contribution in [0.4, 0.5) is 11.4 Å². The van der Waals surface area contributed by atoms with Gasteiger partial charge in [-0.15, -0.1) is 0 Å². The number of hydrogen-bond donors (Lipinski definition) is 1. The molecule has 1 N–H and O–H groups in total. The average Bonchev–Trinajstić information content (AvgIpc) is 2.49. The maximum Gasteiger partial charge on any atom is 0.224 e. The van der Waals surface area contributed by atoms with E-state index in [1.165, 1.54) is 0 Å². The molecule has 0 saturated heterocycles. The second kappa shape index (κ2) is 6.13. The topological polar surface area (TPSA) is 32.3 Å². The fourth-order valence-corrected chi connectivity index (χ4v) is 3.52. The third kappa shape index (κ3) is 2.88. The molecule has 2 aromatic rings. The van der Waals surface area contributed by atoms with Crippen molar-refractivity contribution in [2.24, 2.45) is 0 Å². The highest BCUT2D eigenvalue weighted by Gasteiger charge is 2.31.